The highest BCUT2D eigenvalue weighted by Crippen LogP contribution is 2.27. The molecule has 2 unspecified atom stereocenters. The summed E-state index contributed by atoms with van der Waals surface area (Å²) in [6.07, 6.45) is 44.1. The number of allylic oxidation sites excluding steroid dienone is 2. The van der Waals surface area contributed by atoms with E-state index in [1.54, 1.807) is 0 Å². The molecule has 0 aromatic carbocycles. The second kappa shape index (κ2) is 33.5. The Morgan fingerprint density at radius 1 is 0.429 bits per heavy atom. The fourth-order valence-corrected chi connectivity index (χ4v) is 6.29. The van der Waals surface area contributed by atoms with Crippen molar-refractivity contribution >= 4 is 0 Å². The monoisotopic (exact) mass is 595 g/mol. The number of hydrogen-bond acceptors (Lipinski definition) is 3. The number of aliphatic hydroxyl groups excluding tert-OH is 2. The lowest BCUT2D eigenvalue weighted by Gasteiger charge is -2.32. The van der Waals surface area contributed by atoms with Crippen LogP contribution in [0.4, 0.5) is 0 Å². The van der Waals surface area contributed by atoms with Gasteiger partial charge in [0, 0.05) is 0 Å². The third-order valence-corrected chi connectivity index (χ3v) is 9.38. The Morgan fingerprint density at radius 2 is 0.690 bits per heavy atom. The molecule has 0 saturated carbocycles. The zero-order valence-corrected chi connectivity index (χ0v) is 28.9. The van der Waals surface area contributed by atoms with Crippen LogP contribution in [0.5, 0.6) is 0 Å². The Morgan fingerprint density at radius 3 is 0.976 bits per heavy atom. The predicted molar refractivity (Wildman–Crippen MR) is 186 cm³/mol. The first kappa shape index (κ1) is 41.6. The maximum absolute atomic E-state index is 11.1. The zero-order valence-electron chi connectivity index (χ0n) is 28.9. The van der Waals surface area contributed by atoms with Gasteiger partial charge in [-0.2, -0.15) is 0 Å². The summed E-state index contributed by atoms with van der Waals surface area (Å²) < 4.78 is 0. The summed E-state index contributed by atoms with van der Waals surface area (Å²) in [6.45, 7) is 4.21. The first-order chi connectivity index (χ1) is 20.6. The summed E-state index contributed by atoms with van der Waals surface area (Å²) in [5, 5.41) is 30.9. The van der Waals surface area contributed by atoms with E-state index in [0.29, 0.717) is 12.8 Å². The van der Waals surface area contributed by atoms with Gasteiger partial charge in [0.15, 0.2) is 0 Å². The van der Waals surface area contributed by atoms with E-state index in [1.165, 1.54) is 167 Å². The van der Waals surface area contributed by atoms with Gasteiger partial charge in [-0.25, -0.2) is 0 Å². The van der Waals surface area contributed by atoms with Gasteiger partial charge in [-0.15, -0.1) is 0 Å². The third-order valence-electron chi connectivity index (χ3n) is 9.38. The van der Waals surface area contributed by atoms with Crippen LogP contribution in [-0.2, 0) is 0 Å². The highest BCUT2D eigenvalue weighted by molar-refractivity contribution is 4.86. The number of rotatable bonds is 35. The van der Waals surface area contributed by atoms with Crippen molar-refractivity contribution in [2.75, 3.05) is 6.61 Å². The third kappa shape index (κ3) is 28.4. The fraction of sp³-hybridized carbons (Fsp3) is 0.949. The molecule has 0 aromatic rings. The van der Waals surface area contributed by atoms with E-state index in [9.17, 15) is 15.3 Å². The van der Waals surface area contributed by atoms with Crippen LogP contribution in [0.2, 0.25) is 0 Å². The summed E-state index contributed by atoms with van der Waals surface area (Å²) >= 11 is 0. The van der Waals surface area contributed by atoms with Crippen molar-refractivity contribution in [1.82, 2.24) is 0 Å². The molecular weight excluding hydrogens is 516 g/mol. The van der Waals surface area contributed by atoms with Crippen LogP contribution in [0.3, 0.4) is 0 Å². The molecule has 0 aliphatic rings. The molecular formula is C39H78O3. The van der Waals surface area contributed by atoms with Gasteiger partial charge in [-0.1, -0.05) is 193 Å². The van der Waals surface area contributed by atoms with Crippen molar-refractivity contribution in [2.45, 2.75) is 231 Å². The molecule has 0 saturated heterocycles. The Hall–Kier alpha value is -0.380. The normalized spacial score (nSPS) is 14.1. The second-order valence-electron chi connectivity index (χ2n) is 13.5. The summed E-state index contributed by atoms with van der Waals surface area (Å²) in [6, 6.07) is 0. The minimum absolute atomic E-state index is 0.343. The standard InChI is InChI=1S/C39H78O3/c1-3-5-7-9-11-13-15-17-18-19-20-21-22-23-24-26-28-30-32-34-36-39(42,38(41)37-40)35-33-31-29-27-25-16-14-12-10-8-6-4-2/h17-18,38,40-42H,3-16,19-37H2,1-2H3/b18-17-. The lowest BCUT2D eigenvalue weighted by Crippen LogP contribution is -2.44. The molecule has 0 aliphatic carbocycles. The molecule has 3 nitrogen and oxygen atoms in total. The Labute approximate surface area is 264 Å². The van der Waals surface area contributed by atoms with Crippen LogP contribution < -0.4 is 0 Å². The van der Waals surface area contributed by atoms with Gasteiger partial charge in [0.1, 0.15) is 6.10 Å². The molecule has 252 valence electrons. The van der Waals surface area contributed by atoms with Gasteiger partial charge >= 0.3 is 0 Å². The molecule has 0 aromatic heterocycles. The first-order valence-electron chi connectivity index (χ1n) is 19.3. The van der Waals surface area contributed by atoms with E-state index in [4.69, 9.17) is 0 Å². The van der Waals surface area contributed by atoms with E-state index in [0.717, 1.165) is 25.7 Å². The lowest BCUT2D eigenvalue weighted by atomic mass is 9.85. The SMILES string of the molecule is CCCCCCCC/C=C\CCCCCCCCCCCCC(O)(CCCCCCCCCCCCCC)C(O)CO. The van der Waals surface area contributed by atoms with Crippen LogP contribution >= 0.6 is 0 Å². The average Bonchev–Trinajstić information content (AvgIpc) is 3.00. The molecule has 2 atom stereocenters. The molecule has 0 rings (SSSR count). The summed E-state index contributed by atoms with van der Waals surface area (Å²) in [5.41, 5.74) is -1.11. The van der Waals surface area contributed by atoms with Crippen LogP contribution in [-0.4, -0.2) is 33.6 Å². The maximum Gasteiger partial charge on any atom is 0.106 e. The molecule has 0 spiro atoms. The lowest BCUT2D eigenvalue weighted by molar-refractivity contribution is -0.106. The van der Waals surface area contributed by atoms with E-state index < -0.39 is 11.7 Å². The quantitative estimate of drug-likeness (QED) is 0.0505. The van der Waals surface area contributed by atoms with E-state index in [1.807, 2.05) is 0 Å². The summed E-state index contributed by atoms with van der Waals surface area (Å²) in [5.74, 6) is 0. The average molecular weight is 595 g/mol. The molecule has 0 heterocycles. The van der Waals surface area contributed by atoms with Crippen molar-refractivity contribution in [3.05, 3.63) is 12.2 Å². The van der Waals surface area contributed by atoms with Gasteiger partial charge in [-0.05, 0) is 38.5 Å². The molecule has 0 amide bonds. The highest BCUT2D eigenvalue weighted by Gasteiger charge is 2.33. The van der Waals surface area contributed by atoms with Crippen molar-refractivity contribution in [3.8, 4) is 0 Å². The summed E-state index contributed by atoms with van der Waals surface area (Å²) in [7, 11) is 0. The van der Waals surface area contributed by atoms with Gasteiger partial charge in [-0.3, -0.25) is 0 Å². The Balaban J connectivity index is 3.62. The van der Waals surface area contributed by atoms with E-state index in [2.05, 4.69) is 26.0 Å². The van der Waals surface area contributed by atoms with Gasteiger partial charge < -0.3 is 15.3 Å². The topological polar surface area (TPSA) is 60.7 Å². The minimum atomic E-state index is -1.11. The largest absolute Gasteiger partial charge is 0.394 e. The molecule has 3 heteroatoms. The highest BCUT2D eigenvalue weighted by atomic mass is 16.4. The van der Waals surface area contributed by atoms with Crippen molar-refractivity contribution in [3.63, 3.8) is 0 Å². The fourth-order valence-electron chi connectivity index (χ4n) is 6.29. The van der Waals surface area contributed by atoms with Crippen molar-refractivity contribution in [1.29, 1.82) is 0 Å². The van der Waals surface area contributed by atoms with Crippen LogP contribution in [0, 0.1) is 0 Å². The van der Waals surface area contributed by atoms with E-state index in [-0.39, 0.29) is 6.61 Å². The van der Waals surface area contributed by atoms with Gasteiger partial charge in [0.2, 0.25) is 0 Å². The Kier molecular flexibility index (Phi) is 33.2. The minimum Gasteiger partial charge on any atom is -0.394 e. The molecule has 0 fully saturated rings. The van der Waals surface area contributed by atoms with Crippen molar-refractivity contribution < 1.29 is 15.3 Å². The predicted octanol–water partition coefficient (Wildman–Crippen LogP) is 12.1. The molecule has 42 heavy (non-hydrogen) atoms. The second-order valence-corrected chi connectivity index (χ2v) is 13.5. The first-order valence-corrected chi connectivity index (χ1v) is 19.3. The van der Waals surface area contributed by atoms with Crippen LogP contribution in [0.25, 0.3) is 0 Å². The van der Waals surface area contributed by atoms with Gasteiger partial charge in [0.25, 0.3) is 0 Å². The molecule has 3 N–H and O–H groups in total. The number of unbranched alkanes of at least 4 members (excludes halogenated alkanes) is 27. The number of aliphatic hydroxyl groups is 3. The molecule has 0 radical (unpaired) electrons. The Bertz CT molecular complexity index is 534. The number of hydrogen-bond donors (Lipinski definition) is 3. The summed E-state index contributed by atoms with van der Waals surface area (Å²) in [4.78, 5) is 0. The zero-order chi connectivity index (χ0) is 30.8. The van der Waals surface area contributed by atoms with Crippen molar-refractivity contribution in [2.24, 2.45) is 0 Å². The molecule has 0 bridgehead atoms. The van der Waals surface area contributed by atoms with E-state index >= 15 is 0 Å². The molecule has 0 aliphatic heterocycles. The van der Waals surface area contributed by atoms with Gasteiger partial charge in [0.05, 0.1) is 12.2 Å². The van der Waals surface area contributed by atoms with Crippen LogP contribution in [0.15, 0.2) is 12.2 Å². The smallest absolute Gasteiger partial charge is 0.106 e. The maximum atomic E-state index is 11.1. The van der Waals surface area contributed by atoms with Crippen LogP contribution in [0.1, 0.15) is 219 Å².